The SMILES string of the molecule is C=C1C[C@](OC)([C@H](O)C(=O)N[C@@H](OC)[C@@H]2C[C@@H](OC(C)=O)C(C)(C)[C@@H](C[C@@H](COC(C)=O)OC)O2)O[C@H](C)[C@@H]1C. The molecule has 1 amide bonds. The Morgan fingerprint density at radius 1 is 1.12 bits per heavy atom. The summed E-state index contributed by atoms with van der Waals surface area (Å²) in [5, 5.41) is 13.8. The van der Waals surface area contributed by atoms with Crippen LogP contribution >= 0.6 is 0 Å². The smallest absolute Gasteiger partial charge is 0.302 e. The molecule has 0 aliphatic carbocycles. The van der Waals surface area contributed by atoms with Gasteiger partial charge in [0.15, 0.2) is 12.3 Å². The summed E-state index contributed by atoms with van der Waals surface area (Å²) in [6.45, 7) is 14.3. The highest BCUT2D eigenvalue weighted by atomic mass is 16.7. The van der Waals surface area contributed by atoms with Crippen LogP contribution in [0, 0.1) is 11.3 Å². The van der Waals surface area contributed by atoms with E-state index >= 15 is 0 Å². The molecular formula is C28H47NO11. The number of carbonyl (C=O) groups is 3. The third kappa shape index (κ3) is 8.01. The molecule has 0 aromatic carbocycles. The number of rotatable bonds is 12. The van der Waals surface area contributed by atoms with Gasteiger partial charge in [0.25, 0.3) is 5.91 Å². The fraction of sp³-hybridized carbons (Fsp3) is 0.821. The largest absolute Gasteiger partial charge is 0.463 e. The minimum absolute atomic E-state index is 0.0166. The second-order valence-corrected chi connectivity index (χ2v) is 11.2. The van der Waals surface area contributed by atoms with E-state index in [0.29, 0.717) is 6.42 Å². The van der Waals surface area contributed by atoms with Crippen molar-refractivity contribution in [3.05, 3.63) is 12.2 Å². The number of aliphatic hydroxyl groups is 1. The standard InChI is InChI=1S/C28H47NO11/c1-15-13-28(36-10,40-17(3)16(15)2)24(32)25(33)29-26(35-9)21-12-23(38-19(5)31)27(6,7)22(39-21)11-20(34-8)14-37-18(4)30/h16-17,20-24,26,32H,1,11-14H2,2-10H3,(H,29,33)/t16-,17-,20+,21+,22-,23-,24-,26+,28-/m1/s1. The van der Waals surface area contributed by atoms with Crippen molar-refractivity contribution in [2.75, 3.05) is 27.9 Å². The quantitative estimate of drug-likeness (QED) is 0.200. The van der Waals surface area contributed by atoms with E-state index in [-0.39, 0.29) is 31.5 Å². The number of esters is 2. The van der Waals surface area contributed by atoms with Crippen molar-refractivity contribution in [2.45, 2.75) is 109 Å². The number of aliphatic hydroxyl groups excluding tert-OH is 1. The van der Waals surface area contributed by atoms with Gasteiger partial charge in [0.05, 0.1) is 18.3 Å². The van der Waals surface area contributed by atoms with Gasteiger partial charge in [-0.05, 0) is 6.92 Å². The fourth-order valence-corrected chi connectivity index (χ4v) is 5.18. The number of nitrogens with one attached hydrogen (secondary N) is 1. The van der Waals surface area contributed by atoms with Gasteiger partial charge < -0.3 is 43.6 Å². The Kier molecular flexibility index (Phi) is 12.1. The van der Waals surface area contributed by atoms with Gasteiger partial charge in [-0.2, -0.15) is 0 Å². The van der Waals surface area contributed by atoms with Gasteiger partial charge in [0.1, 0.15) is 18.8 Å². The fourth-order valence-electron chi connectivity index (χ4n) is 5.18. The Bertz CT molecular complexity index is 909. The van der Waals surface area contributed by atoms with Gasteiger partial charge >= 0.3 is 11.9 Å². The summed E-state index contributed by atoms with van der Waals surface area (Å²) in [6.07, 6.45) is -4.84. The number of hydrogen-bond donors (Lipinski definition) is 2. The molecule has 2 aliphatic heterocycles. The van der Waals surface area contributed by atoms with Gasteiger partial charge in [-0.1, -0.05) is 32.9 Å². The number of amides is 1. The molecule has 0 aromatic rings. The molecule has 2 N–H and O–H groups in total. The Hall–Kier alpha value is -2.09. The molecule has 0 saturated carbocycles. The van der Waals surface area contributed by atoms with Gasteiger partial charge in [0, 0.05) is 65.8 Å². The Morgan fingerprint density at radius 3 is 2.27 bits per heavy atom. The summed E-state index contributed by atoms with van der Waals surface area (Å²) in [7, 11) is 4.26. The van der Waals surface area contributed by atoms with Gasteiger partial charge in [-0.25, -0.2) is 0 Å². The van der Waals surface area contributed by atoms with E-state index < -0.39 is 65.8 Å². The number of hydrogen-bond acceptors (Lipinski definition) is 11. The lowest BCUT2D eigenvalue weighted by atomic mass is 9.74. The molecule has 9 atom stereocenters. The second-order valence-electron chi connectivity index (χ2n) is 11.2. The maximum Gasteiger partial charge on any atom is 0.302 e. The summed E-state index contributed by atoms with van der Waals surface area (Å²) >= 11 is 0. The van der Waals surface area contributed by atoms with Crippen LogP contribution in [0.5, 0.6) is 0 Å². The topological polar surface area (TPSA) is 148 Å². The lowest BCUT2D eigenvalue weighted by Crippen LogP contribution is -2.62. The highest BCUT2D eigenvalue weighted by molar-refractivity contribution is 5.82. The van der Waals surface area contributed by atoms with E-state index in [1.54, 1.807) is 0 Å². The minimum Gasteiger partial charge on any atom is -0.463 e. The molecule has 12 nitrogen and oxygen atoms in total. The van der Waals surface area contributed by atoms with Gasteiger partial charge in [0.2, 0.25) is 5.79 Å². The molecule has 0 unspecified atom stereocenters. The van der Waals surface area contributed by atoms with E-state index in [4.69, 9.17) is 33.2 Å². The zero-order valence-electron chi connectivity index (χ0n) is 25.2. The Morgan fingerprint density at radius 2 is 1.77 bits per heavy atom. The van der Waals surface area contributed by atoms with Gasteiger partial charge in [-0.3, -0.25) is 14.4 Å². The maximum atomic E-state index is 13.3. The predicted octanol–water partition coefficient (Wildman–Crippen LogP) is 1.86. The lowest BCUT2D eigenvalue weighted by Gasteiger charge is -2.49. The van der Waals surface area contributed by atoms with Gasteiger partial charge in [-0.15, -0.1) is 0 Å². The zero-order valence-corrected chi connectivity index (χ0v) is 25.2. The summed E-state index contributed by atoms with van der Waals surface area (Å²) in [4.78, 5) is 36.6. The van der Waals surface area contributed by atoms with Crippen molar-refractivity contribution >= 4 is 17.8 Å². The van der Waals surface area contributed by atoms with Crippen LogP contribution in [0.2, 0.25) is 0 Å². The molecule has 12 heteroatoms. The van der Waals surface area contributed by atoms with Crippen LogP contribution in [0.25, 0.3) is 0 Å². The molecule has 2 aliphatic rings. The van der Waals surface area contributed by atoms with Crippen LogP contribution in [0.4, 0.5) is 0 Å². The first-order valence-electron chi connectivity index (χ1n) is 13.5. The molecule has 0 aromatic heterocycles. The van der Waals surface area contributed by atoms with E-state index in [0.717, 1.165) is 5.57 Å². The highest BCUT2D eigenvalue weighted by Crippen LogP contribution is 2.42. The normalized spacial score (nSPS) is 32.5. The van der Waals surface area contributed by atoms with Crippen LogP contribution in [-0.4, -0.2) is 99.5 Å². The molecule has 0 spiro atoms. The summed E-state index contributed by atoms with van der Waals surface area (Å²) < 4.78 is 39.8. The third-order valence-electron chi connectivity index (χ3n) is 8.13. The van der Waals surface area contributed by atoms with E-state index in [2.05, 4.69) is 11.9 Å². The lowest BCUT2D eigenvalue weighted by molar-refractivity contribution is -0.298. The van der Waals surface area contributed by atoms with Crippen LogP contribution in [-0.2, 0) is 47.5 Å². The monoisotopic (exact) mass is 573 g/mol. The van der Waals surface area contributed by atoms with Crippen LogP contribution in [0.15, 0.2) is 12.2 Å². The summed E-state index contributed by atoms with van der Waals surface area (Å²) in [6, 6.07) is 0. The van der Waals surface area contributed by atoms with Crippen molar-refractivity contribution in [3.63, 3.8) is 0 Å². The van der Waals surface area contributed by atoms with Crippen molar-refractivity contribution < 1.29 is 52.6 Å². The van der Waals surface area contributed by atoms with E-state index in [1.807, 2.05) is 27.7 Å². The third-order valence-corrected chi connectivity index (χ3v) is 8.13. The number of methoxy groups -OCH3 is 3. The maximum absolute atomic E-state index is 13.3. The molecule has 2 saturated heterocycles. The molecule has 0 bridgehead atoms. The summed E-state index contributed by atoms with van der Waals surface area (Å²) in [5.74, 6) is -3.29. The molecule has 230 valence electrons. The van der Waals surface area contributed by atoms with E-state index in [1.165, 1.54) is 35.2 Å². The van der Waals surface area contributed by atoms with Crippen LogP contribution in [0.3, 0.4) is 0 Å². The van der Waals surface area contributed by atoms with Crippen molar-refractivity contribution in [3.8, 4) is 0 Å². The molecule has 40 heavy (non-hydrogen) atoms. The minimum atomic E-state index is -1.71. The zero-order chi connectivity index (χ0) is 30.4. The predicted molar refractivity (Wildman–Crippen MR) is 143 cm³/mol. The Labute approximate surface area is 237 Å². The molecule has 0 radical (unpaired) electrons. The van der Waals surface area contributed by atoms with Crippen molar-refractivity contribution in [2.24, 2.45) is 11.3 Å². The van der Waals surface area contributed by atoms with Crippen molar-refractivity contribution in [1.29, 1.82) is 0 Å². The van der Waals surface area contributed by atoms with Crippen LogP contribution < -0.4 is 5.32 Å². The number of ether oxygens (including phenoxy) is 7. The second kappa shape index (κ2) is 14.2. The van der Waals surface area contributed by atoms with Crippen molar-refractivity contribution in [1.82, 2.24) is 5.32 Å². The molecule has 2 rings (SSSR count). The molecule has 2 fully saturated rings. The average Bonchev–Trinajstić information content (AvgIpc) is 2.88. The van der Waals surface area contributed by atoms with Crippen LogP contribution in [0.1, 0.15) is 60.8 Å². The summed E-state index contributed by atoms with van der Waals surface area (Å²) in [5.41, 5.74) is 0.127. The van der Waals surface area contributed by atoms with E-state index in [9.17, 15) is 19.5 Å². The average molecular weight is 574 g/mol. The first-order chi connectivity index (χ1) is 18.6. The first-order valence-corrected chi connectivity index (χ1v) is 13.5. The number of carbonyl (C=O) groups excluding carboxylic acids is 3. The Balaban J connectivity index is 2.27. The first kappa shape index (κ1) is 34.1. The molecular weight excluding hydrogens is 526 g/mol. The highest BCUT2D eigenvalue weighted by Gasteiger charge is 2.52. The molecule has 2 heterocycles.